The highest BCUT2D eigenvalue weighted by molar-refractivity contribution is 7.98. The molecule has 2 heterocycles. The SMILES string of the molecule is COc1ccc(-c2nnc(CSc3nc(C)c(C)n3C3CCCCC3)o2)cc1. The molecule has 0 unspecified atom stereocenters. The number of ether oxygens (including phenoxy) is 1. The zero-order valence-electron chi connectivity index (χ0n) is 16.6. The minimum Gasteiger partial charge on any atom is -0.497 e. The third-order valence-electron chi connectivity index (χ3n) is 5.42. The monoisotopic (exact) mass is 398 g/mol. The lowest BCUT2D eigenvalue weighted by Crippen LogP contribution is -2.15. The molecule has 0 N–H and O–H groups in total. The standard InChI is InChI=1S/C21H26N4O2S/c1-14-15(2)25(17-7-5-4-6-8-17)21(22-14)28-13-19-23-24-20(27-19)16-9-11-18(26-3)12-10-16/h9-12,17H,4-8,13H2,1-3H3. The summed E-state index contributed by atoms with van der Waals surface area (Å²) in [7, 11) is 1.65. The first-order chi connectivity index (χ1) is 13.7. The van der Waals surface area contributed by atoms with Crippen molar-refractivity contribution in [1.29, 1.82) is 0 Å². The van der Waals surface area contributed by atoms with E-state index in [0.29, 0.717) is 23.6 Å². The first-order valence-corrected chi connectivity index (χ1v) is 10.8. The van der Waals surface area contributed by atoms with Gasteiger partial charge in [0.2, 0.25) is 11.8 Å². The van der Waals surface area contributed by atoms with Gasteiger partial charge in [-0.3, -0.25) is 0 Å². The number of nitrogens with zero attached hydrogens (tertiary/aromatic N) is 4. The molecular weight excluding hydrogens is 372 g/mol. The third kappa shape index (κ3) is 3.94. The minimum absolute atomic E-state index is 0.529. The molecule has 0 bridgehead atoms. The molecule has 0 amide bonds. The second-order valence-electron chi connectivity index (χ2n) is 7.25. The average Bonchev–Trinajstić information content (AvgIpc) is 3.32. The third-order valence-corrected chi connectivity index (χ3v) is 6.36. The lowest BCUT2D eigenvalue weighted by molar-refractivity contribution is 0.332. The van der Waals surface area contributed by atoms with Crippen molar-refractivity contribution >= 4 is 11.8 Å². The van der Waals surface area contributed by atoms with Crippen LogP contribution in [0.15, 0.2) is 33.8 Å². The van der Waals surface area contributed by atoms with Crippen LogP contribution in [-0.2, 0) is 5.75 Å². The highest BCUT2D eigenvalue weighted by Crippen LogP contribution is 2.35. The Kier molecular flexibility index (Phi) is 5.71. The molecule has 1 aromatic carbocycles. The summed E-state index contributed by atoms with van der Waals surface area (Å²) in [5.74, 6) is 2.57. The number of imidazole rings is 1. The molecule has 0 aliphatic heterocycles. The van der Waals surface area contributed by atoms with Crippen LogP contribution in [0.5, 0.6) is 5.75 Å². The molecule has 0 saturated heterocycles. The van der Waals surface area contributed by atoms with E-state index in [1.807, 2.05) is 24.3 Å². The van der Waals surface area contributed by atoms with Crippen molar-refractivity contribution in [1.82, 2.24) is 19.7 Å². The molecule has 3 aromatic rings. The molecule has 2 aromatic heterocycles. The summed E-state index contributed by atoms with van der Waals surface area (Å²) in [6.45, 7) is 4.27. The van der Waals surface area contributed by atoms with Crippen molar-refractivity contribution in [3.8, 4) is 17.2 Å². The Morgan fingerprint density at radius 3 is 2.57 bits per heavy atom. The molecule has 28 heavy (non-hydrogen) atoms. The van der Waals surface area contributed by atoms with Gasteiger partial charge >= 0.3 is 0 Å². The van der Waals surface area contributed by atoms with Crippen LogP contribution in [-0.4, -0.2) is 26.9 Å². The van der Waals surface area contributed by atoms with Crippen molar-refractivity contribution in [2.24, 2.45) is 0 Å². The summed E-state index contributed by atoms with van der Waals surface area (Å²) in [6, 6.07) is 8.19. The Balaban J connectivity index is 1.48. The van der Waals surface area contributed by atoms with Crippen molar-refractivity contribution in [2.45, 2.75) is 62.9 Å². The molecule has 4 rings (SSSR count). The Morgan fingerprint density at radius 2 is 1.86 bits per heavy atom. The van der Waals surface area contributed by atoms with Gasteiger partial charge in [-0.15, -0.1) is 10.2 Å². The van der Waals surface area contributed by atoms with Gasteiger partial charge in [-0.05, 0) is 51.0 Å². The van der Waals surface area contributed by atoms with Gasteiger partial charge in [0.1, 0.15) is 5.75 Å². The van der Waals surface area contributed by atoms with Gasteiger partial charge < -0.3 is 13.7 Å². The first-order valence-electron chi connectivity index (χ1n) is 9.80. The average molecular weight is 399 g/mol. The maximum atomic E-state index is 5.87. The molecule has 1 aliphatic rings. The normalized spacial score (nSPS) is 15.1. The van der Waals surface area contributed by atoms with Gasteiger partial charge in [0.05, 0.1) is 18.6 Å². The number of hydrogen-bond donors (Lipinski definition) is 0. The number of benzene rings is 1. The second kappa shape index (κ2) is 8.39. The van der Waals surface area contributed by atoms with Crippen LogP contribution in [0.1, 0.15) is 55.4 Å². The zero-order valence-corrected chi connectivity index (χ0v) is 17.5. The highest BCUT2D eigenvalue weighted by atomic mass is 32.2. The molecule has 0 atom stereocenters. The Bertz CT molecular complexity index is 927. The number of aryl methyl sites for hydroxylation is 1. The predicted octanol–water partition coefficient (Wildman–Crippen LogP) is 5.36. The Hall–Kier alpha value is -2.28. The summed E-state index contributed by atoms with van der Waals surface area (Å²) in [5.41, 5.74) is 3.27. The highest BCUT2D eigenvalue weighted by Gasteiger charge is 2.22. The summed E-state index contributed by atoms with van der Waals surface area (Å²) < 4.78 is 13.5. The van der Waals surface area contributed by atoms with Crippen molar-refractivity contribution in [2.75, 3.05) is 7.11 Å². The van der Waals surface area contributed by atoms with E-state index in [9.17, 15) is 0 Å². The Morgan fingerprint density at radius 1 is 1.11 bits per heavy atom. The number of hydrogen-bond acceptors (Lipinski definition) is 6. The van der Waals surface area contributed by atoms with E-state index in [1.165, 1.54) is 37.8 Å². The van der Waals surface area contributed by atoms with Crippen molar-refractivity contribution in [3.63, 3.8) is 0 Å². The topological polar surface area (TPSA) is 66.0 Å². The number of methoxy groups -OCH3 is 1. The second-order valence-corrected chi connectivity index (χ2v) is 8.19. The van der Waals surface area contributed by atoms with Gasteiger partial charge in [-0.2, -0.15) is 0 Å². The maximum absolute atomic E-state index is 5.87. The number of aromatic nitrogens is 4. The largest absolute Gasteiger partial charge is 0.497 e. The fourth-order valence-corrected chi connectivity index (χ4v) is 4.75. The van der Waals surface area contributed by atoms with Gasteiger partial charge in [0.15, 0.2) is 5.16 Å². The summed E-state index contributed by atoms with van der Waals surface area (Å²) in [5, 5.41) is 9.47. The van der Waals surface area contributed by atoms with Crippen LogP contribution >= 0.6 is 11.8 Å². The van der Waals surface area contributed by atoms with Crippen molar-refractivity contribution in [3.05, 3.63) is 41.5 Å². The van der Waals surface area contributed by atoms with Crippen molar-refractivity contribution < 1.29 is 9.15 Å². The number of rotatable bonds is 6. The lowest BCUT2D eigenvalue weighted by Gasteiger charge is -2.25. The van der Waals surface area contributed by atoms with Crippen LogP contribution < -0.4 is 4.74 Å². The van der Waals surface area contributed by atoms with Gasteiger partial charge in [0, 0.05) is 17.3 Å². The number of thioether (sulfide) groups is 1. The summed E-state index contributed by atoms with van der Waals surface area (Å²) >= 11 is 1.68. The van der Waals surface area contributed by atoms with E-state index in [2.05, 4.69) is 28.6 Å². The van der Waals surface area contributed by atoms with Gasteiger partial charge in [-0.1, -0.05) is 31.0 Å². The first kappa shape index (κ1) is 19.1. The van der Waals surface area contributed by atoms with Crippen LogP contribution in [0.3, 0.4) is 0 Å². The van der Waals surface area contributed by atoms with E-state index in [1.54, 1.807) is 18.9 Å². The molecule has 148 valence electrons. The molecule has 0 radical (unpaired) electrons. The van der Waals surface area contributed by atoms with E-state index in [-0.39, 0.29) is 0 Å². The fourth-order valence-electron chi connectivity index (χ4n) is 3.76. The van der Waals surface area contributed by atoms with E-state index >= 15 is 0 Å². The molecule has 1 saturated carbocycles. The molecule has 6 nitrogen and oxygen atoms in total. The summed E-state index contributed by atoms with van der Waals surface area (Å²) in [4.78, 5) is 4.81. The molecule has 1 fully saturated rings. The maximum Gasteiger partial charge on any atom is 0.247 e. The molecule has 1 aliphatic carbocycles. The fraction of sp³-hybridized carbons (Fsp3) is 0.476. The Labute approximate surface area is 169 Å². The van der Waals surface area contributed by atoms with E-state index < -0.39 is 0 Å². The molecule has 0 spiro atoms. The van der Waals surface area contributed by atoms with Gasteiger partial charge in [0.25, 0.3) is 0 Å². The van der Waals surface area contributed by atoms with Crippen LogP contribution in [0.4, 0.5) is 0 Å². The van der Waals surface area contributed by atoms with Crippen LogP contribution in [0, 0.1) is 13.8 Å². The van der Waals surface area contributed by atoms with Crippen LogP contribution in [0.2, 0.25) is 0 Å². The summed E-state index contributed by atoms with van der Waals surface area (Å²) in [6.07, 6.45) is 6.45. The predicted molar refractivity (Wildman–Crippen MR) is 110 cm³/mol. The molecular formula is C21H26N4O2S. The smallest absolute Gasteiger partial charge is 0.247 e. The van der Waals surface area contributed by atoms with Gasteiger partial charge in [-0.25, -0.2) is 4.98 Å². The lowest BCUT2D eigenvalue weighted by atomic mass is 9.95. The van der Waals surface area contributed by atoms with E-state index in [4.69, 9.17) is 14.1 Å². The minimum atomic E-state index is 0.529. The zero-order chi connectivity index (χ0) is 19.5. The quantitative estimate of drug-likeness (QED) is 0.521. The van der Waals surface area contributed by atoms with Crippen LogP contribution in [0.25, 0.3) is 11.5 Å². The molecule has 7 heteroatoms. The van der Waals surface area contributed by atoms with E-state index in [0.717, 1.165) is 22.2 Å².